The van der Waals surface area contributed by atoms with E-state index in [-0.39, 0.29) is 25.1 Å². The number of likely N-dealkylation sites (tertiary alicyclic amines) is 1. The van der Waals surface area contributed by atoms with Crippen LogP contribution < -0.4 is 4.74 Å². The van der Waals surface area contributed by atoms with Crippen molar-refractivity contribution in [1.82, 2.24) is 4.90 Å². The zero-order valence-electron chi connectivity index (χ0n) is 11.8. The average molecular weight is 312 g/mol. The van der Waals surface area contributed by atoms with Crippen molar-refractivity contribution >= 4 is 23.5 Å². The summed E-state index contributed by atoms with van der Waals surface area (Å²) in [5.41, 5.74) is 0. The molecule has 1 aromatic carbocycles. The lowest BCUT2D eigenvalue weighted by atomic mass is 9.93. The van der Waals surface area contributed by atoms with Crippen molar-refractivity contribution in [2.45, 2.75) is 25.8 Å². The highest BCUT2D eigenvalue weighted by molar-refractivity contribution is 6.30. The first-order chi connectivity index (χ1) is 9.97. The van der Waals surface area contributed by atoms with E-state index in [2.05, 4.69) is 0 Å². The van der Waals surface area contributed by atoms with E-state index in [0.717, 1.165) is 0 Å². The molecule has 2 rings (SSSR count). The molecule has 114 valence electrons. The maximum Gasteiger partial charge on any atom is 0.308 e. The predicted molar refractivity (Wildman–Crippen MR) is 78.5 cm³/mol. The zero-order chi connectivity index (χ0) is 15.4. The van der Waals surface area contributed by atoms with E-state index >= 15 is 0 Å². The second-order valence-electron chi connectivity index (χ2n) is 5.25. The third-order valence-electron chi connectivity index (χ3n) is 3.71. The fraction of sp³-hybridized carbons (Fsp3) is 0.467. The van der Waals surface area contributed by atoms with Gasteiger partial charge in [-0.25, -0.2) is 0 Å². The molecule has 0 aromatic heterocycles. The summed E-state index contributed by atoms with van der Waals surface area (Å²) in [5, 5.41) is 9.62. The minimum Gasteiger partial charge on any atom is -0.484 e. The number of carboxylic acid groups (broad SMARTS) is 1. The van der Waals surface area contributed by atoms with Crippen molar-refractivity contribution in [2.75, 3.05) is 13.2 Å². The predicted octanol–water partition coefficient (Wildman–Crippen LogP) is 2.43. The van der Waals surface area contributed by atoms with Gasteiger partial charge in [-0.05, 0) is 38.0 Å². The number of ether oxygens (including phenoxy) is 1. The summed E-state index contributed by atoms with van der Waals surface area (Å²) in [5.74, 6) is -1.02. The molecule has 1 amide bonds. The number of nitrogens with zero attached hydrogens (tertiary/aromatic N) is 1. The van der Waals surface area contributed by atoms with Gasteiger partial charge in [-0.1, -0.05) is 17.7 Å². The largest absolute Gasteiger partial charge is 0.484 e. The average Bonchev–Trinajstić information content (AvgIpc) is 2.45. The molecule has 1 heterocycles. The first-order valence-corrected chi connectivity index (χ1v) is 7.26. The smallest absolute Gasteiger partial charge is 0.308 e. The second-order valence-corrected chi connectivity index (χ2v) is 5.69. The third-order valence-corrected chi connectivity index (χ3v) is 3.95. The molecule has 1 aliphatic rings. The molecule has 5 nitrogen and oxygen atoms in total. The van der Waals surface area contributed by atoms with Crippen LogP contribution >= 0.6 is 11.6 Å². The van der Waals surface area contributed by atoms with Gasteiger partial charge < -0.3 is 14.7 Å². The highest BCUT2D eigenvalue weighted by Crippen LogP contribution is 2.23. The van der Waals surface area contributed by atoms with Crippen LogP contribution in [0.1, 0.15) is 19.8 Å². The Labute approximate surface area is 128 Å². The summed E-state index contributed by atoms with van der Waals surface area (Å²) in [6.07, 6.45) is 1.30. The molecule has 0 saturated carbocycles. The van der Waals surface area contributed by atoms with Crippen molar-refractivity contribution < 1.29 is 19.4 Å². The fourth-order valence-electron chi connectivity index (χ4n) is 2.44. The van der Waals surface area contributed by atoms with E-state index < -0.39 is 11.9 Å². The van der Waals surface area contributed by atoms with Crippen molar-refractivity contribution in [3.8, 4) is 5.75 Å². The number of hydrogen-bond acceptors (Lipinski definition) is 3. The first kappa shape index (κ1) is 15.6. The quantitative estimate of drug-likeness (QED) is 0.927. The SMILES string of the molecule is CC1CCC(C(=O)O)CN1C(=O)COc1cccc(Cl)c1. The van der Waals surface area contributed by atoms with Gasteiger partial charge >= 0.3 is 5.97 Å². The van der Waals surface area contributed by atoms with Crippen LogP contribution in [0.4, 0.5) is 0 Å². The van der Waals surface area contributed by atoms with Gasteiger partial charge in [0.25, 0.3) is 5.91 Å². The summed E-state index contributed by atoms with van der Waals surface area (Å²) in [4.78, 5) is 24.9. The topological polar surface area (TPSA) is 66.8 Å². The molecule has 1 aliphatic heterocycles. The Morgan fingerprint density at radius 2 is 2.19 bits per heavy atom. The van der Waals surface area contributed by atoms with E-state index in [0.29, 0.717) is 23.6 Å². The van der Waals surface area contributed by atoms with Crippen LogP contribution in [0.25, 0.3) is 0 Å². The minimum absolute atomic E-state index is 0.0380. The normalized spacial score (nSPS) is 21.9. The second kappa shape index (κ2) is 6.80. The Bertz CT molecular complexity index is 534. The van der Waals surface area contributed by atoms with Gasteiger partial charge in [-0.2, -0.15) is 0 Å². The lowest BCUT2D eigenvalue weighted by Gasteiger charge is -2.36. The maximum absolute atomic E-state index is 12.2. The van der Waals surface area contributed by atoms with Gasteiger partial charge in [0.15, 0.2) is 6.61 Å². The molecule has 1 saturated heterocycles. The van der Waals surface area contributed by atoms with Crippen LogP contribution in [0.3, 0.4) is 0 Å². The molecule has 0 radical (unpaired) electrons. The number of benzene rings is 1. The van der Waals surface area contributed by atoms with Gasteiger partial charge in [0, 0.05) is 17.6 Å². The van der Waals surface area contributed by atoms with Gasteiger partial charge in [0.2, 0.25) is 0 Å². The van der Waals surface area contributed by atoms with Crippen molar-refractivity contribution in [1.29, 1.82) is 0 Å². The lowest BCUT2D eigenvalue weighted by Crippen LogP contribution is -2.49. The van der Waals surface area contributed by atoms with E-state index in [1.165, 1.54) is 0 Å². The Morgan fingerprint density at radius 1 is 1.43 bits per heavy atom. The number of piperidine rings is 1. The lowest BCUT2D eigenvalue weighted by molar-refractivity contribution is -0.147. The Kier molecular flexibility index (Phi) is 5.07. The van der Waals surface area contributed by atoms with Gasteiger partial charge in [0.1, 0.15) is 5.75 Å². The molecule has 2 unspecified atom stereocenters. The maximum atomic E-state index is 12.2. The monoisotopic (exact) mass is 311 g/mol. The number of aliphatic carboxylic acids is 1. The number of carbonyl (C=O) groups excluding carboxylic acids is 1. The highest BCUT2D eigenvalue weighted by Gasteiger charge is 2.32. The van der Waals surface area contributed by atoms with Crippen molar-refractivity contribution in [3.05, 3.63) is 29.3 Å². The molecule has 0 aliphatic carbocycles. The molecular weight excluding hydrogens is 294 g/mol. The number of rotatable bonds is 4. The van der Waals surface area contributed by atoms with E-state index in [4.69, 9.17) is 21.4 Å². The van der Waals surface area contributed by atoms with Gasteiger partial charge in [0.05, 0.1) is 5.92 Å². The summed E-state index contributed by atoms with van der Waals surface area (Å²) in [7, 11) is 0. The van der Waals surface area contributed by atoms with E-state index in [1.54, 1.807) is 29.2 Å². The number of amides is 1. The number of hydrogen-bond donors (Lipinski definition) is 1. The molecule has 0 spiro atoms. The Hall–Kier alpha value is -1.75. The molecule has 1 fully saturated rings. The zero-order valence-corrected chi connectivity index (χ0v) is 12.5. The van der Waals surface area contributed by atoms with Crippen molar-refractivity contribution in [2.24, 2.45) is 5.92 Å². The van der Waals surface area contributed by atoms with Crippen LogP contribution in [-0.4, -0.2) is 41.1 Å². The molecule has 1 aromatic rings. The standard InChI is InChI=1S/C15H18ClNO4/c1-10-5-6-11(15(19)20)8-17(10)14(18)9-21-13-4-2-3-12(16)7-13/h2-4,7,10-11H,5-6,8-9H2,1H3,(H,19,20). The van der Waals surface area contributed by atoms with Crippen LogP contribution in [0.5, 0.6) is 5.75 Å². The molecule has 21 heavy (non-hydrogen) atoms. The Morgan fingerprint density at radius 3 is 2.86 bits per heavy atom. The highest BCUT2D eigenvalue weighted by atomic mass is 35.5. The van der Waals surface area contributed by atoms with E-state index in [9.17, 15) is 9.59 Å². The first-order valence-electron chi connectivity index (χ1n) is 6.88. The molecule has 0 bridgehead atoms. The summed E-state index contributed by atoms with van der Waals surface area (Å²) in [6, 6.07) is 6.86. The van der Waals surface area contributed by atoms with Crippen LogP contribution in [0.2, 0.25) is 5.02 Å². The molecule has 2 atom stereocenters. The van der Waals surface area contributed by atoms with Crippen LogP contribution in [0, 0.1) is 5.92 Å². The van der Waals surface area contributed by atoms with Crippen molar-refractivity contribution in [3.63, 3.8) is 0 Å². The molecule has 6 heteroatoms. The third kappa shape index (κ3) is 4.11. The molecule has 1 N–H and O–H groups in total. The fourth-order valence-corrected chi connectivity index (χ4v) is 2.62. The molecular formula is C15H18ClNO4. The van der Waals surface area contributed by atoms with Crippen LogP contribution in [-0.2, 0) is 9.59 Å². The van der Waals surface area contributed by atoms with E-state index in [1.807, 2.05) is 6.92 Å². The summed E-state index contributed by atoms with van der Waals surface area (Å²) in [6.45, 7) is 2.06. The van der Waals surface area contributed by atoms with Gasteiger partial charge in [-0.3, -0.25) is 9.59 Å². The van der Waals surface area contributed by atoms with Crippen LogP contribution in [0.15, 0.2) is 24.3 Å². The Balaban J connectivity index is 1.93. The minimum atomic E-state index is -0.851. The number of halogens is 1. The number of carbonyl (C=O) groups is 2. The summed E-state index contributed by atoms with van der Waals surface area (Å²) >= 11 is 5.85. The number of carboxylic acids is 1. The summed E-state index contributed by atoms with van der Waals surface area (Å²) < 4.78 is 5.42. The van der Waals surface area contributed by atoms with Gasteiger partial charge in [-0.15, -0.1) is 0 Å².